The number of hydrogen-bond acceptors (Lipinski definition) is 5. The number of nitrogens with one attached hydrogen (secondary N) is 1. The highest BCUT2D eigenvalue weighted by Gasteiger charge is 2.44. The highest BCUT2D eigenvalue weighted by Crippen LogP contribution is 2.40. The summed E-state index contributed by atoms with van der Waals surface area (Å²) >= 11 is 6.25. The minimum Gasteiger partial charge on any atom is -0.340 e. The van der Waals surface area contributed by atoms with Crippen LogP contribution >= 0.6 is 11.6 Å². The van der Waals surface area contributed by atoms with Crippen molar-refractivity contribution in [2.75, 3.05) is 11.9 Å². The number of aromatic nitrogens is 2. The Labute approximate surface area is 203 Å². The van der Waals surface area contributed by atoms with Crippen LogP contribution in [0.1, 0.15) is 39.1 Å². The van der Waals surface area contributed by atoms with E-state index in [0.717, 1.165) is 5.56 Å². The number of benzene rings is 2. The van der Waals surface area contributed by atoms with Gasteiger partial charge in [0.2, 0.25) is 5.91 Å². The molecule has 1 aliphatic rings. The van der Waals surface area contributed by atoms with Crippen LogP contribution < -0.4 is 11.1 Å². The molecule has 0 atom stereocenters. The minimum absolute atomic E-state index is 0.163. The number of rotatable bonds is 4. The summed E-state index contributed by atoms with van der Waals surface area (Å²) in [6.07, 6.45) is 0. The zero-order valence-electron chi connectivity index (χ0n) is 19.5. The first-order valence-electron chi connectivity index (χ1n) is 10.9. The number of fused-ring (bicyclic) bond motifs is 1. The molecule has 1 amide bonds. The Bertz CT molecular complexity index is 1300. The molecule has 0 bridgehead atoms. The minimum atomic E-state index is -1.02. The third-order valence-electron chi connectivity index (χ3n) is 6.00. The molecular weight excluding hydrogens is 455 g/mol. The molecule has 7 nitrogen and oxygen atoms in total. The van der Waals surface area contributed by atoms with Gasteiger partial charge in [-0.05, 0) is 70.2 Å². The summed E-state index contributed by atoms with van der Waals surface area (Å²) in [4.78, 5) is 19.8. The summed E-state index contributed by atoms with van der Waals surface area (Å²) in [5.41, 5.74) is 6.75. The molecule has 1 aromatic heterocycles. The number of nitrogens with two attached hydrogens (primary N) is 1. The van der Waals surface area contributed by atoms with Crippen molar-refractivity contribution in [2.24, 2.45) is 5.73 Å². The predicted molar refractivity (Wildman–Crippen MR) is 130 cm³/mol. The molecule has 0 radical (unpaired) electrons. The van der Waals surface area contributed by atoms with Crippen LogP contribution in [-0.4, -0.2) is 32.4 Å². The van der Waals surface area contributed by atoms with E-state index < -0.39 is 11.1 Å². The van der Waals surface area contributed by atoms with Crippen LogP contribution in [0.15, 0.2) is 42.5 Å². The molecule has 0 fully saturated rings. The maximum absolute atomic E-state index is 13.6. The van der Waals surface area contributed by atoms with Crippen molar-refractivity contribution in [3.05, 3.63) is 64.7 Å². The zero-order chi connectivity index (χ0) is 24.8. The highest BCUT2D eigenvalue weighted by molar-refractivity contribution is 6.32. The Morgan fingerprint density at radius 2 is 1.91 bits per heavy atom. The second kappa shape index (κ2) is 8.42. The second-order valence-electron chi connectivity index (χ2n) is 9.46. The Balaban J connectivity index is 1.85. The normalized spacial score (nSPS) is 14.9. The van der Waals surface area contributed by atoms with E-state index in [2.05, 4.69) is 11.4 Å². The monoisotopic (exact) mass is 480 g/mol. The molecule has 0 saturated heterocycles. The number of carbonyl (C=O) groups excluding carboxylic acids is 1. The third-order valence-corrected chi connectivity index (χ3v) is 6.32. The average Bonchev–Trinajstić information content (AvgIpc) is 3.13. The van der Waals surface area contributed by atoms with E-state index in [1.54, 1.807) is 49.1 Å². The van der Waals surface area contributed by atoms with Gasteiger partial charge in [0.25, 0.3) is 0 Å². The Morgan fingerprint density at radius 1 is 1.24 bits per heavy atom. The van der Waals surface area contributed by atoms with Crippen molar-refractivity contribution in [1.82, 2.24) is 14.5 Å². The standard InChI is InChI=1S/C25H26ClFN6O/c1-24(2,29)23(34)33-12-11-32-21(30-18-10-7-16(14-28)19(26)13-18)20(31-22(32)25(33,3)4)15-5-8-17(27)9-6-15/h5-10,13,30H,11-12,29H2,1-4H3. The van der Waals surface area contributed by atoms with Gasteiger partial charge in [0.1, 0.15) is 29.2 Å². The van der Waals surface area contributed by atoms with Gasteiger partial charge in [-0.25, -0.2) is 9.37 Å². The third kappa shape index (κ3) is 4.13. The van der Waals surface area contributed by atoms with Crippen LogP contribution in [-0.2, 0) is 16.9 Å². The fourth-order valence-corrected chi connectivity index (χ4v) is 4.42. The molecule has 4 rings (SSSR count). The quantitative estimate of drug-likeness (QED) is 0.560. The van der Waals surface area contributed by atoms with Crippen LogP contribution in [0.2, 0.25) is 5.02 Å². The number of carbonyl (C=O) groups is 1. The number of halogens is 2. The van der Waals surface area contributed by atoms with Gasteiger partial charge in [-0.15, -0.1) is 0 Å². The van der Waals surface area contributed by atoms with E-state index in [1.807, 2.05) is 18.4 Å². The van der Waals surface area contributed by atoms with E-state index in [0.29, 0.717) is 46.7 Å². The molecule has 0 unspecified atom stereocenters. The molecule has 0 saturated carbocycles. The van der Waals surface area contributed by atoms with Gasteiger partial charge in [-0.3, -0.25) is 4.79 Å². The lowest BCUT2D eigenvalue weighted by atomic mass is 9.94. The molecular formula is C25H26ClFN6O. The molecule has 1 aliphatic heterocycles. The van der Waals surface area contributed by atoms with E-state index >= 15 is 0 Å². The van der Waals surface area contributed by atoms with Crippen LogP contribution in [0.5, 0.6) is 0 Å². The molecule has 3 aromatic rings. The summed E-state index contributed by atoms with van der Waals surface area (Å²) in [5.74, 6) is 0.860. The Morgan fingerprint density at radius 3 is 2.50 bits per heavy atom. The van der Waals surface area contributed by atoms with Crippen LogP contribution in [0.25, 0.3) is 11.3 Å². The lowest BCUT2D eigenvalue weighted by molar-refractivity contribution is -0.143. The number of amides is 1. The van der Waals surface area contributed by atoms with Crippen molar-refractivity contribution in [3.8, 4) is 17.3 Å². The molecule has 0 aliphatic carbocycles. The summed E-state index contributed by atoms with van der Waals surface area (Å²) in [7, 11) is 0. The van der Waals surface area contributed by atoms with Gasteiger partial charge in [-0.1, -0.05) is 11.6 Å². The van der Waals surface area contributed by atoms with Crippen molar-refractivity contribution < 1.29 is 9.18 Å². The molecule has 2 aromatic carbocycles. The summed E-state index contributed by atoms with van der Waals surface area (Å²) in [5, 5.41) is 12.9. The number of imidazole rings is 1. The van der Waals surface area contributed by atoms with E-state index in [9.17, 15) is 14.4 Å². The fourth-order valence-electron chi connectivity index (χ4n) is 4.20. The molecule has 2 heterocycles. The van der Waals surface area contributed by atoms with Crippen LogP contribution in [0.3, 0.4) is 0 Å². The summed E-state index contributed by atoms with van der Waals surface area (Å²) in [6.45, 7) is 8.19. The molecule has 0 spiro atoms. The van der Waals surface area contributed by atoms with Gasteiger partial charge in [0.05, 0.1) is 21.7 Å². The topological polar surface area (TPSA) is 100.0 Å². The van der Waals surface area contributed by atoms with Gasteiger partial charge in [0, 0.05) is 24.3 Å². The number of anilines is 2. The first kappa shape index (κ1) is 23.7. The van der Waals surface area contributed by atoms with Crippen LogP contribution in [0, 0.1) is 17.1 Å². The highest BCUT2D eigenvalue weighted by atomic mass is 35.5. The summed E-state index contributed by atoms with van der Waals surface area (Å²) in [6, 6.07) is 13.2. The van der Waals surface area contributed by atoms with E-state index in [1.165, 1.54) is 12.1 Å². The first-order chi connectivity index (χ1) is 15.9. The van der Waals surface area contributed by atoms with E-state index in [-0.39, 0.29) is 11.7 Å². The smallest absolute Gasteiger partial charge is 0.242 e. The van der Waals surface area contributed by atoms with Crippen molar-refractivity contribution >= 4 is 29.0 Å². The second-order valence-corrected chi connectivity index (χ2v) is 9.87. The Kier molecular flexibility index (Phi) is 5.88. The summed E-state index contributed by atoms with van der Waals surface area (Å²) < 4.78 is 15.7. The maximum Gasteiger partial charge on any atom is 0.242 e. The first-order valence-corrected chi connectivity index (χ1v) is 11.3. The molecule has 3 N–H and O–H groups in total. The Hall–Kier alpha value is -3.41. The zero-order valence-corrected chi connectivity index (χ0v) is 20.2. The number of nitrogens with zero attached hydrogens (tertiary/aromatic N) is 4. The van der Waals surface area contributed by atoms with Crippen molar-refractivity contribution in [3.63, 3.8) is 0 Å². The fraction of sp³-hybridized carbons (Fsp3) is 0.320. The molecule has 34 heavy (non-hydrogen) atoms. The van der Waals surface area contributed by atoms with E-state index in [4.69, 9.17) is 22.3 Å². The maximum atomic E-state index is 13.6. The number of hydrogen-bond donors (Lipinski definition) is 2. The van der Waals surface area contributed by atoms with Crippen molar-refractivity contribution in [2.45, 2.75) is 45.3 Å². The van der Waals surface area contributed by atoms with Gasteiger partial charge in [-0.2, -0.15) is 5.26 Å². The molecule has 176 valence electrons. The lowest BCUT2D eigenvalue weighted by Gasteiger charge is -2.44. The SMILES string of the molecule is CC(C)(N)C(=O)N1CCn2c(nc(-c3ccc(F)cc3)c2Nc2ccc(C#N)c(Cl)c2)C1(C)C. The largest absolute Gasteiger partial charge is 0.340 e. The van der Waals surface area contributed by atoms with Crippen LogP contribution in [0.4, 0.5) is 15.9 Å². The predicted octanol–water partition coefficient (Wildman–Crippen LogP) is 4.77. The van der Waals surface area contributed by atoms with Crippen molar-refractivity contribution in [1.29, 1.82) is 5.26 Å². The van der Waals surface area contributed by atoms with Gasteiger partial charge in [0.15, 0.2) is 0 Å². The lowest BCUT2D eigenvalue weighted by Crippen LogP contribution is -2.60. The van der Waals surface area contributed by atoms with Gasteiger partial charge < -0.3 is 20.5 Å². The molecule has 9 heteroatoms. The average molecular weight is 481 g/mol. The van der Waals surface area contributed by atoms with Gasteiger partial charge >= 0.3 is 0 Å². The number of nitriles is 1.